The molecular weight excluding hydrogens is 284 g/mol. The minimum Gasteiger partial charge on any atom is -0.366 e. The SMILES string of the molecule is CCc1ccc2c(c1)cc(/C=C/C(N)=O)n2CC1CCCCC1. The lowest BCUT2D eigenvalue weighted by Gasteiger charge is -2.23. The molecule has 1 amide bonds. The van der Waals surface area contributed by atoms with Gasteiger partial charge in [0.05, 0.1) is 0 Å². The Morgan fingerprint density at radius 3 is 2.74 bits per heavy atom. The van der Waals surface area contributed by atoms with Gasteiger partial charge in [-0.1, -0.05) is 32.3 Å². The van der Waals surface area contributed by atoms with E-state index in [0.29, 0.717) is 0 Å². The number of primary amides is 1. The normalized spacial score (nSPS) is 16.4. The maximum atomic E-state index is 11.1. The minimum absolute atomic E-state index is 0.395. The van der Waals surface area contributed by atoms with Crippen molar-refractivity contribution >= 4 is 22.9 Å². The number of hydrogen-bond donors (Lipinski definition) is 1. The van der Waals surface area contributed by atoms with E-state index < -0.39 is 5.91 Å². The maximum absolute atomic E-state index is 11.1. The summed E-state index contributed by atoms with van der Waals surface area (Å²) in [7, 11) is 0. The van der Waals surface area contributed by atoms with Gasteiger partial charge >= 0.3 is 0 Å². The van der Waals surface area contributed by atoms with Crippen LogP contribution in [0, 0.1) is 5.92 Å². The van der Waals surface area contributed by atoms with Crippen LogP contribution >= 0.6 is 0 Å². The molecule has 0 aliphatic heterocycles. The van der Waals surface area contributed by atoms with E-state index in [1.807, 2.05) is 6.08 Å². The monoisotopic (exact) mass is 310 g/mol. The molecule has 0 atom stereocenters. The summed E-state index contributed by atoms with van der Waals surface area (Å²) >= 11 is 0. The van der Waals surface area contributed by atoms with Gasteiger partial charge in [-0.3, -0.25) is 4.79 Å². The Morgan fingerprint density at radius 1 is 1.26 bits per heavy atom. The predicted octanol–water partition coefficient (Wildman–Crippen LogP) is 4.28. The number of fused-ring (bicyclic) bond motifs is 1. The molecule has 0 spiro atoms. The molecule has 1 saturated carbocycles. The van der Waals surface area contributed by atoms with Gasteiger partial charge in [0, 0.05) is 29.2 Å². The number of carbonyl (C=O) groups is 1. The largest absolute Gasteiger partial charge is 0.366 e. The van der Waals surface area contributed by atoms with Crippen molar-refractivity contribution in [1.82, 2.24) is 4.57 Å². The third-order valence-corrected chi connectivity index (χ3v) is 4.99. The molecule has 3 heteroatoms. The molecule has 2 aromatic rings. The van der Waals surface area contributed by atoms with Crippen LogP contribution in [0.3, 0.4) is 0 Å². The third kappa shape index (κ3) is 3.66. The second-order valence-corrected chi connectivity index (χ2v) is 6.67. The Balaban J connectivity index is 1.99. The second-order valence-electron chi connectivity index (χ2n) is 6.67. The van der Waals surface area contributed by atoms with Gasteiger partial charge in [-0.2, -0.15) is 0 Å². The van der Waals surface area contributed by atoms with E-state index in [4.69, 9.17) is 5.73 Å². The lowest BCUT2D eigenvalue weighted by atomic mass is 9.89. The van der Waals surface area contributed by atoms with Gasteiger partial charge in [0.2, 0.25) is 5.91 Å². The van der Waals surface area contributed by atoms with Crippen LogP contribution in [-0.4, -0.2) is 10.5 Å². The fourth-order valence-electron chi connectivity index (χ4n) is 3.70. The van der Waals surface area contributed by atoms with E-state index in [0.717, 1.165) is 24.6 Å². The van der Waals surface area contributed by atoms with E-state index >= 15 is 0 Å². The van der Waals surface area contributed by atoms with Crippen LogP contribution in [0.5, 0.6) is 0 Å². The Hall–Kier alpha value is -2.03. The molecule has 3 nitrogen and oxygen atoms in total. The van der Waals surface area contributed by atoms with Gasteiger partial charge in [-0.15, -0.1) is 0 Å². The Morgan fingerprint density at radius 2 is 2.04 bits per heavy atom. The average Bonchev–Trinajstić information content (AvgIpc) is 2.90. The topological polar surface area (TPSA) is 48.0 Å². The fourth-order valence-corrected chi connectivity index (χ4v) is 3.70. The fraction of sp³-hybridized carbons (Fsp3) is 0.450. The van der Waals surface area contributed by atoms with Crippen LogP contribution < -0.4 is 5.73 Å². The van der Waals surface area contributed by atoms with Gasteiger partial charge in [-0.25, -0.2) is 0 Å². The molecule has 1 aliphatic rings. The van der Waals surface area contributed by atoms with Crippen molar-refractivity contribution in [2.75, 3.05) is 0 Å². The van der Waals surface area contributed by atoms with Crippen molar-refractivity contribution in [3.05, 3.63) is 41.6 Å². The first-order chi connectivity index (χ1) is 11.2. The number of benzene rings is 1. The van der Waals surface area contributed by atoms with Gasteiger partial charge < -0.3 is 10.3 Å². The Kier molecular flexibility index (Phi) is 4.85. The molecule has 122 valence electrons. The molecule has 0 unspecified atom stereocenters. The quantitative estimate of drug-likeness (QED) is 0.823. The van der Waals surface area contributed by atoms with Gasteiger partial charge in [0.25, 0.3) is 0 Å². The summed E-state index contributed by atoms with van der Waals surface area (Å²) in [6, 6.07) is 8.87. The first-order valence-corrected chi connectivity index (χ1v) is 8.77. The van der Waals surface area contributed by atoms with Gasteiger partial charge in [-0.05, 0) is 55.0 Å². The second kappa shape index (κ2) is 7.03. The highest BCUT2D eigenvalue weighted by molar-refractivity contribution is 5.92. The summed E-state index contributed by atoms with van der Waals surface area (Å²) in [6.07, 6.45) is 11.0. The van der Waals surface area contributed by atoms with E-state index in [9.17, 15) is 4.79 Å². The number of carbonyl (C=O) groups excluding carboxylic acids is 1. The summed E-state index contributed by atoms with van der Waals surface area (Å²) in [5.41, 5.74) is 8.97. The lowest BCUT2D eigenvalue weighted by molar-refractivity contribution is -0.113. The summed E-state index contributed by atoms with van der Waals surface area (Å²) < 4.78 is 2.37. The Labute approximate surface area is 138 Å². The van der Waals surface area contributed by atoms with Crippen LogP contribution in [0.2, 0.25) is 0 Å². The highest BCUT2D eigenvalue weighted by atomic mass is 16.1. The average molecular weight is 310 g/mol. The Bertz CT molecular complexity index is 721. The first kappa shape index (κ1) is 15.9. The van der Waals surface area contributed by atoms with Crippen molar-refractivity contribution in [2.45, 2.75) is 52.0 Å². The van der Waals surface area contributed by atoms with Crippen molar-refractivity contribution in [1.29, 1.82) is 0 Å². The third-order valence-electron chi connectivity index (χ3n) is 4.99. The molecule has 3 rings (SSSR count). The van der Waals surface area contributed by atoms with Gasteiger partial charge in [0.1, 0.15) is 0 Å². The number of aromatic nitrogens is 1. The van der Waals surface area contributed by atoms with Crippen LogP contribution in [0.1, 0.15) is 50.3 Å². The highest BCUT2D eigenvalue weighted by Crippen LogP contribution is 2.29. The van der Waals surface area contributed by atoms with Crippen molar-refractivity contribution < 1.29 is 4.79 Å². The molecule has 0 bridgehead atoms. The van der Waals surface area contributed by atoms with Crippen LogP contribution in [0.15, 0.2) is 30.3 Å². The van der Waals surface area contributed by atoms with Crippen molar-refractivity contribution in [3.8, 4) is 0 Å². The van der Waals surface area contributed by atoms with E-state index in [1.165, 1.54) is 54.6 Å². The standard InChI is InChI=1S/C20H26N2O/c1-2-15-8-10-19-17(12-15)13-18(9-11-20(21)23)22(19)14-16-6-4-3-5-7-16/h8-13,16H,2-7,14H2,1H3,(H2,21,23)/b11-9+. The maximum Gasteiger partial charge on any atom is 0.241 e. The number of aryl methyl sites for hydroxylation is 1. The molecule has 1 fully saturated rings. The number of rotatable bonds is 5. The molecule has 0 radical (unpaired) electrons. The number of nitrogens with zero attached hydrogens (tertiary/aromatic N) is 1. The summed E-state index contributed by atoms with van der Waals surface area (Å²) in [4.78, 5) is 11.1. The minimum atomic E-state index is -0.395. The molecule has 1 aliphatic carbocycles. The zero-order valence-electron chi connectivity index (χ0n) is 13.9. The predicted molar refractivity (Wildman–Crippen MR) is 96.1 cm³/mol. The number of amides is 1. The van der Waals surface area contributed by atoms with Crippen LogP contribution in [0.25, 0.3) is 17.0 Å². The molecule has 0 saturated heterocycles. The summed E-state index contributed by atoms with van der Waals surface area (Å²) in [6.45, 7) is 3.21. The number of hydrogen-bond acceptors (Lipinski definition) is 1. The van der Waals surface area contributed by atoms with Gasteiger partial charge in [0.15, 0.2) is 0 Å². The zero-order valence-corrected chi connectivity index (χ0v) is 13.9. The van der Waals surface area contributed by atoms with E-state index in [2.05, 4.69) is 35.8 Å². The molecular formula is C20H26N2O. The molecule has 1 heterocycles. The van der Waals surface area contributed by atoms with Crippen molar-refractivity contribution in [3.63, 3.8) is 0 Å². The van der Waals surface area contributed by atoms with Crippen LogP contribution in [0.4, 0.5) is 0 Å². The van der Waals surface area contributed by atoms with Crippen LogP contribution in [-0.2, 0) is 17.8 Å². The molecule has 2 N–H and O–H groups in total. The lowest BCUT2D eigenvalue weighted by Crippen LogP contribution is -2.15. The molecule has 1 aromatic heterocycles. The van der Waals surface area contributed by atoms with E-state index in [1.54, 1.807) is 0 Å². The van der Waals surface area contributed by atoms with Crippen molar-refractivity contribution in [2.24, 2.45) is 11.7 Å². The zero-order chi connectivity index (χ0) is 16.2. The molecule has 23 heavy (non-hydrogen) atoms. The smallest absolute Gasteiger partial charge is 0.241 e. The highest BCUT2D eigenvalue weighted by Gasteiger charge is 2.16. The number of nitrogens with two attached hydrogens (primary N) is 1. The summed E-state index contributed by atoms with van der Waals surface area (Å²) in [5.74, 6) is 0.347. The summed E-state index contributed by atoms with van der Waals surface area (Å²) in [5, 5.41) is 1.25. The van der Waals surface area contributed by atoms with E-state index in [-0.39, 0.29) is 0 Å². The first-order valence-electron chi connectivity index (χ1n) is 8.77. The molecule has 1 aromatic carbocycles.